The van der Waals surface area contributed by atoms with Crippen molar-refractivity contribution < 1.29 is 13.2 Å². The van der Waals surface area contributed by atoms with Crippen LogP contribution >= 0.6 is 0 Å². The van der Waals surface area contributed by atoms with E-state index in [0.717, 1.165) is 38.1 Å². The molecule has 0 amide bonds. The number of anilines is 1. The van der Waals surface area contributed by atoms with Crippen LogP contribution in [0.4, 0.5) is 18.9 Å². The van der Waals surface area contributed by atoms with Gasteiger partial charge in [0.05, 0.1) is 0 Å². The SMILES string of the molecule is CC1CN2CCCC2CN1c1c(F)cc(F)cc1F. The van der Waals surface area contributed by atoms with Gasteiger partial charge in [0, 0.05) is 37.3 Å². The number of halogens is 3. The minimum absolute atomic E-state index is 0.0313. The summed E-state index contributed by atoms with van der Waals surface area (Å²) in [5, 5.41) is 0. The summed E-state index contributed by atoms with van der Waals surface area (Å²) < 4.78 is 40.7. The fourth-order valence-corrected chi connectivity index (χ4v) is 3.31. The van der Waals surface area contributed by atoms with Crippen molar-refractivity contribution in [3.63, 3.8) is 0 Å². The molecule has 19 heavy (non-hydrogen) atoms. The molecular weight excluding hydrogens is 253 g/mol. The van der Waals surface area contributed by atoms with Gasteiger partial charge < -0.3 is 4.90 Å². The first kappa shape index (κ1) is 12.8. The fraction of sp³-hybridized carbons (Fsp3) is 0.571. The van der Waals surface area contributed by atoms with Crippen molar-refractivity contribution in [3.8, 4) is 0 Å². The number of hydrogen-bond donors (Lipinski definition) is 0. The molecule has 2 aliphatic heterocycles. The summed E-state index contributed by atoms with van der Waals surface area (Å²) in [6, 6.07) is 1.90. The van der Waals surface area contributed by atoms with E-state index >= 15 is 0 Å². The first-order valence-electron chi connectivity index (χ1n) is 6.71. The third-order valence-corrected chi connectivity index (χ3v) is 4.21. The van der Waals surface area contributed by atoms with Crippen LogP contribution in [0.15, 0.2) is 12.1 Å². The minimum Gasteiger partial charge on any atom is -0.361 e. The first-order chi connectivity index (χ1) is 9.06. The van der Waals surface area contributed by atoms with Gasteiger partial charge in [0.2, 0.25) is 0 Å². The summed E-state index contributed by atoms with van der Waals surface area (Å²) in [5.41, 5.74) is -0.0829. The second-order valence-corrected chi connectivity index (χ2v) is 5.51. The molecular formula is C14H17F3N2. The number of fused-ring (bicyclic) bond motifs is 1. The maximum Gasteiger partial charge on any atom is 0.152 e. The Bertz CT molecular complexity index is 469. The van der Waals surface area contributed by atoms with Crippen LogP contribution in [0.1, 0.15) is 19.8 Å². The average Bonchev–Trinajstić information content (AvgIpc) is 2.74. The highest BCUT2D eigenvalue weighted by Gasteiger charge is 2.36. The molecule has 5 heteroatoms. The van der Waals surface area contributed by atoms with Crippen LogP contribution in [0, 0.1) is 17.5 Å². The molecule has 1 aromatic carbocycles. The lowest BCUT2D eigenvalue weighted by atomic mass is 10.1. The van der Waals surface area contributed by atoms with E-state index in [2.05, 4.69) is 4.90 Å². The van der Waals surface area contributed by atoms with E-state index in [1.54, 1.807) is 4.90 Å². The summed E-state index contributed by atoms with van der Waals surface area (Å²) in [4.78, 5) is 4.12. The lowest BCUT2D eigenvalue weighted by Crippen LogP contribution is -2.55. The van der Waals surface area contributed by atoms with E-state index in [1.807, 2.05) is 6.92 Å². The topological polar surface area (TPSA) is 6.48 Å². The van der Waals surface area contributed by atoms with Crippen molar-refractivity contribution in [2.24, 2.45) is 0 Å². The van der Waals surface area contributed by atoms with E-state index in [1.165, 1.54) is 0 Å². The van der Waals surface area contributed by atoms with Crippen LogP contribution in [0.3, 0.4) is 0 Å². The molecule has 2 saturated heterocycles. The molecule has 2 aliphatic rings. The lowest BCUT2D eigenvalue weighted by Gasteiger charge is -2.43. The monoisotopic (exact) mass is 270 g/mol. The molecule has 3 rings (SSSR count). The van der Waals surface area contributed by atoms with Gasteiger partial charge in [-0.3, -0.25) is 4.90 Å². The summed E-state index contributed by atoms with van der Waals surface area (Å²) in [5.74, 6) is -2.49. The molecule has 2 heterocycles. The summed E-state index contributed by atoms with van der Waals surface area (Å²) in [6.45, 7) is 4.44. The molecule has 2 nitrogen and oxygen atoms in total. The molecule has 0 aliphatic carbocycles. The predicted octanol–water partition coefficient (Wildman–Crippen LogP) is 2.78. The van der Waals surface area contributed by atoms with Crippen LogP contribution in [0.2, 0.25) is 0 Å². The molecule has 2 atom stereocenters. The molecule has 0 radical (unpaired) electrons. The highest BCUT2D eigenvalue weighted by molar-refractivity contribution is 5.51. The van der Waals surface area contributed by atoms with Crippen molar-refractivity contribution in [1.29, 1.82) is 0 Å². The van der Waals surface area contributed by atoms with Crippen molar-refractivity contribution in [3.05, 3.63) is 29.6 Å². The third kappa shape index (κ3) is 2.20. The van der Waals surface area contributed by atoms with Crippen LogP contribution in [-0.2, 0) is 0 Å². The third-order valence-electron chi connectivity index (χ3n) is 4.21. The number of benzene rings is 1. The zero-order valence-electron chi connectivity index (χ0n) is 10.9. The normalized spacial score (nSPS) is 27.7. The second-order valence-electron chi connectivity index (χ2n) is 5.51. The molecule has 0 spiro atoms. The molecule has 0 N–H and O–H groups in total. The van der Waals surface area contributed by atoms with Crippen LogP contribution in [0.5, 0.6) is 0 Å². The first-order valence-corrected chi connectivity index (χ1v) is 6.71. The van der Waals surface area contributed by atoms with Crippen molar-refractivity contribution in [2.45, 2.75) is 31.8 Å². The average molecular weight is 270 g/mol. The molecule has 2 unspecified atom stereocenters. The highest BCUT2D eigenvalue weighted by atomic mass is 19.1. The van der Waals surface area contributed by atoms with E-state index < -0.39 is 17.5 Å². The molecule has 2 fully saturated rings. The van der Waals surface area contributed by atoms with Gasteiger partial charge in [0.15, 0.2) is 11.6 Å². The Balaban J connectivity index is 1.93. The molecule has 104 valence electrons. The van der Waals surface area contributed by atoms with Gasteiger partial charge >= 0.3 is 0 Å². The summed E-state index contributed by atoms with van der Waals surface area (Å²) in [6.07, 6.45) is 2.20. The zero-order valence-corrected chi connectivity index (χ0v) is 10.9. The largest absolute Gasteiger partial charge is 0.361 e. The zero-order chi connectivity index (χ0) is 13.6. The van der Waals surface area contributed by atoms with E-state index in [9.17, 15) is 13.2 Å². The molecule has 0 saturated carbocycles. The standard InChI is InChI=1S/C14H17F3N2/c1-9-7-18-4-2-3-11(18)8-19(9)14-12(16)5-10(15)6-13(14)17/h5-6,9,11H,2-4,7-8H2,1H3. The number of piperazine rings is 1. The maximum absolute atomic E-state index is 13.9. The molecule has 0 aromatic heterocycles. The lowest BCUT2D eigenvalue weighted by molar-refractivity contribution is 0.201. The number of hydrogen-bond acceptors (Lipinski definition) is 2. The van der Waals surface area contributed by atoms with Crippen molar-refractivity contribution >= 4 is 5.69 Å². The van der Waals surface area contributed by atoms with Crippen molar-refractivity contribution in [1.82, 2.24) is 4.90 Å². The van der Waals surface area contributed by atoms with E-state index in [4.69, 9.17) is 0 Å². The Morgan fingerprint density at radius 1 is 1.11 bits per heavy atom. The second kappa shape index (κ2) is 4.71. The quantitative estimate of drug-likeness (QED) is 0.774. The van der Waals surface area contributed by atoms with Gasteiger partial charge in [-0.1, -0.05) is 0 Å². The number of nitrogens with zero attached hydrogens (tertiary/aromatic N) is 2. The minimum atomic E-state index is -0.870. The predicted molar refractivity (Wildman–Crippen MR) is 67.7 cm³/mol. The smallest absolute Gasteiger partial charge is 0.152 e. The maximum atomic E-state index is 13.9. The van der Waals surface area contributed by atoms with E-state index in [0.29, 0.717) is 12.6 Å². The van der Waals surface area contributed by atoms with Gasteiger partial charge in [-0.2, -0.15) is 0 Å². The Morgan fingerprint density at radius 3 is 2.47 bits per heavy atom. The van der Waals surface area contributed by atoms with Gasteiger partial charge in [-0.25, -0.2) is 13.2 Å². The molecule has 0 bridgehead atoms. The molecule has 1 aromatic rings. The Kier molecular flexibility index (Phi) is 3.17. The van der Waals surface area contributed by atoms with Gasteiger partial charge in [0.1, 0.15) is 11.5 Å². The van der Waals surface area contributed by atoms with Crippen LogP contribution < -0.4 is 4.90 Å². The summed E-state index contributed by atoms with van der Waals surface area (Å²) >= 11 is 0. The highest BCUT2D eigenvalue weighted by Crippen LogP contribution is 2.32. The Morgan fingerprint density at radius 2 is 1.79 bits per heavy atom. The fourth-order valence-electron chi connectivity index (χ4n) is 3.31. The Hall–Kier alpha value is -1.23. The van der Waals surface area contributed by atoms with Gasteiger partial charge in [-0.05, 0) is 26.3 Å². The van der Waals surface area contributed by atoms with E-state index in [-0.39, 0.29) is 11.7 Å². The summed E-state index contributed by atoms with van der Waals surface area (Å²) in [7, 11) is 0. The van der Waals surface area contributed by atoms with Gasteiger partial charge in [0.25, 0.3) is 0 Å². The van der Waals surface area contributed by atoms with Gasteiger partial charge in [-0.15, -0.1) is 0 Å². The van der Waals surface area contributed by atoms with Crippen molar-refractivity contribution in [2.75, 3.05) is 24.5 Å². The Labute approximate surface area is 110 Å². The van der Waals surface area contributed by atoms with Crippen LogP contribution in [0.25, 0.3) is 0 Å². The number of rotatable bonds is 1. The van der Waals surface area contributed by atoms with Crippen LogP contribution in [-0.4, -0.2) is 36.6 Å².